The Morgan fingerprint density at radius 1 is 0.933 bits per heavy atom. The fraction of sp³-hybridized carbons (Fsp3) is 0.714. The molecule has 1 nitrogen and oxygen atoms in total. The Morgan fingerprint density at radius 3 is 2.40 bits per heavy atom. The molecule has 0 spiro atoms. The molecule has 0 fully saturated rings. The maximum absolute atomic E-state index is 8.53. The van der Waals surface area contributed by atoms with E-state index in [1.807, 2.05) is 0 Å². The minimum Gasteiger partial charge on any atom is -0.396 e. The van der Waals surface area contributed by atoms with E-state index in [4.69, 9.17) is 5.11 Å². The maximum Gasteiger partial charge on any atom is 0.0440 e. The average molecular weight is 208 g/mol. The van der Waals surface area contributed by atoms with Crippen LogP contribution in [0.3, 0.4) is 0 Å². The molecule has 86 valence electrons. The number of aliphatic hydroxyl groups excluding tert-OH is 1. The van der Waals surface area contributed by atoms with E-state index in [1.165, 1.54) is 25.7 Å². The summed E-state index contributed by atoms with van der Waals surface area (Å²) in [5.41, 5.74) is 0. The van der Waals surface area contributed by atoms with Gasteiger partial charge < -0.3 is 5.11 Å². The quantitative estimate of drug-likeness (QED) is 0.366. The van der Waals surface area contributed by atoms with Crippen molar-refractivity contribution in [2.45, 2.75) is 58.3 Å². The van der Waals surface area contributed by atoms with E-state index < -0.39 is 0 Å². The minimum absolute atomic E-state index is 0.256. The molecule has 15 heavy (non-hydrogen) atoms. The van der Waals surface area contributed by atoms with Crippen LogP contribution in [0.25, 0.3) is 0 Å². The molecule has 0 aromatic heterocycles. The third-order valence-corrected chi connectivity index (χ3v) is 2.16. The summed E-state index contributed by atoms with van der Waals surface area (Å²) in [4.78, 5) is 0. The number of aliphatic hydroxyl groups is 1. The number of rotatable bonds is 8. The highest BCUT2D eigenvalue weighted by Crippen LogP contribution is 2.00. The van der Waals surface area contributed by atoms with E-state index in [-0.39, 0.29) is 6.61 Å². The molecule has 0 atom stereocenters. The maximum atomic E-state index is 8.53. The van der Waals surface area contributed by atoms with E-state index in [9.17, 15) is 0 Å². The highest BCUT2D eigenvalue weighted by Gasteiger charge is 1.81. The lowest BCUT2D eigenvalue weighted by atomic mass is 10.2. The highest BCUT2D eigenvalue weighted by molar-refractivity contribution is 5.00. The molecule has 1 heteroatoms. The monoisotopic (exact) mass is 208 g/mol. The summed E-state index contributed by atoms with van der Waals surface area (Å²) in [6.45, 7) is 2.48. The molecule has 1 N–H and O–H groups in total. The number of unbranched alkanes of at least 4 members (excludes halogenated alkanes) is 5. The molecule has 0 bridgehead atoms. The predicted octanol–water partition coefficient (Wildman–Crippen LogP) is 3.68. The molecule has 0 saturated carbocycles. The fourth-order valence-corrected chi connectivity index (χ4v) is 1.25. The Bertz CT molecular complexity index is 195. The van der Waals surface area contributed by atoms with Crippen molar-refractivity contribution in [1.82, 2.24) is 0 Å². The summed E-state index contributed by atoms with van der Waals surface area (Å²) < 4.78 is 0. The van der Waals surface area contributed by atoms with Crippen LogP contribution in [0.4, 0.5) is 0 Å². The van der Waals surface area contributed by atoms with E-state index >= 15 is 0 Å². The lowest BCUT2D eigenvalue weighted by Crippen LogP contribution is -1.78. The van der Waals surface area contributed by atoms with Gasteiger partial charge in [0.25, 0.3) is 0 Å². The normalized spacial score (nSPS) is 10.3. The second-order valence-corrected chi connectivity index (χ2v) is 3.69. The first-order valence-electron chi connectivity index (χ1n) is 6.13. The van der Waals surface area contributed by atoms with Crippen LogP contribution >= 0.6 is 0 Å². The van der Waals surface area contributed by atoms with Crippen molar-refractivity contribution in [2.75, 3.05) is 6.61 Å². The SMILES string of the molecule is CCCCC/C=C\CCC#CCCCO. The molecule has 0 amide bonds. The molecular formula is C14H24O. The number of hydrogen-bond donors (Lipinski definition) is 1. The van der Waals surface area contributed by atoms with Crippen LogP contribution in [0.2, 0.25) is 0 Å². The molecule has 0 aromatic rings. The van der Waals surface area contributed by atoms with Crippen molar-refractivity contribution in [1.29, 1.82) is 0 Å². The lowest BCUT2D eigenvalue weighted by Gasteiger charge is -1.91. The van der Waals surface area contributed by atoms with Crippen LogP contribution in [0.15, 0.2) is 12.2 Å². The first-order valence-corrected chi connectivity index (χ1v) is 6.13. The van der Waals surface area contributed by atoms with Crippen LogP contribution < -0.4 is 0 Å². The second-order valence-electron chi connectivity index (χ2n) is 3.69. The summed E-state index contributed by atoms with van der Waals surface area (Å²) in [5, 5.41) is 8.53. The first kappa shape index (κ1) is 14.3. The summed E-state index contributed by atoms with van der Waals surface area (Å²) in [5.74, 6) is 6.16. The Morgan fingerprint density at radius 2 is 1.67 bits per heavy atom. The van der Waals surface area contributed by atoms with Crippen molar-refractivity contribution >= 4 is 0 Å². The summed E-state index contributed by atoms with van der Waals surface area (Å²) in [6.07, 6.45) is 13.3. The smallest absolute Gasteiger partial charge is 0.0440 e. The molecular weight excluding hydrogens is 184 g/mol. The van der Waals surface area contributed by atoms with E-state index in [0.717, 1.165) is 25.7 Å². The van der Waals surface area contributed by atoms with E-state index in [1.54, 1.807) is 0 Å². The van der Waals surface area contributed by atoms with Crippen molar-refractivity contribution in [3.8, 4) is 11.8 Å². The Hall–Kier alpha value is -0.740. The van der Waals surface area contributed by atoms with E-state index in [0.29, 0.717) is 0 Å². The number of hydrogen-bond acceptors (Lipinski definition) is 1. The Kier molecular flexibility index (Phi) is 12.6. The van der Waals surface area contributed by atoms with Crippen molar-refractivity contribution in [3.05, 3.63) is 12.2 Å². The van der Waals surface area contributed by atoms with Crippen molar-refractivity contribution in [2.24, 2.45) is 0 Å². The minimum atomic E-state index is 0.256. The van der Waals surface area contributed by atoms with Gasteiger partial charge in [-0.1, -0.05) is 31.9 Å². The van der Waals surface area contributed by atoms with Gasteiger partial charge in [-0.05, 0) is 25.7 Å². The van der Waals surface area contributed by atoms with Gasteiger partial charge in [0.1, 0.15) is 0 Å². The summed E-state index contributed by atoms with van der Waals surface area (Å²) in [7, 11) is 0. The van der Waals surface area contributed by atoms with Crippen LogP contribution in [-0.2, 0) is 0 Å². The Balaban J connectivity index is 3.17. The molecule has 0 unspecified atom stereocenters. The molecule has 0 rings (SSSR count). The largest absolute Gasteiger partial charge is 0.396 e. The van der Waals surface area contributed by atoms with Gasteiger partial charge in [0.2, 0.25) is 0 Å². The third kappa shape index (κ3) is 13.3. The van der Waals surface area contributed by atoms with Gasteiger partial charge in [0, 0.05) is 19.4 Å². The van der Waals surface area contributed by atoms with Gasteiger partial charge in [-0.15, -0.1) is 11.8 Å². The van der Waals surface area contributed by atoms with Crippen LogP contribution in [0.5, 0.6) is 0 Å². The van der Waals surface area contributed by atoms with Crippen LogP contribution in [0.1, 0.15) is 58.3 Å². The molecule has 0 heterocycles. The fourth-order valence-electron chi connectivity index (χ4n) is 1.25. The zero-order valence-electron chi connectivity index (χ0n) is 9.97. The number of allylic oxidation sites excluding steroid dienone is 2. The standard InChI is InChI=1S/C14H24O/c1-2-3-4-5-6-7-8-9-10-11-12-13-14-15/h6-7,15H,2-5,8-9,12-14H2,1H3/b7-6-. The second kappa shape index (κ2) is 13.3. The molecule has 0 aromatic carbocycles. The average Bonchev–Trinajstić information content (AvgIpc) is 2.26. The Labute approximate surface area is 94.6 Å². The van der Waals surface area contributed by atoms with Crippen molar-refractivity contribution < 1.29 is 5.11 Å². The van der Waals surface area contributed by atoms with Crippen LogP contribution in [0, 0.1) is 11.8 Å². The van der Waals surface area contributed by atoms with E-state index in [2.05, 4.69) is 30.9 Å². The van der Waals surface area contributed by atoms with Gasteiger partial charge in [-0.2, -0.15) is 0 Å². The zero-order chi connectivity index (χ0) is 11.2. The molecule has 0 aliphatic rings. The van der Waals surface area contributed by atoms with Gasteiger partial charge in [0.15, 0.2) is 0 Å². The topological polar surface area (TPSA) is 20.2 Å². The van der Waals surface area contributed by atoms with Gasteiger partial charge in [-0.3, -0.25) is 0 Å². The predicted molar refractivity (Wildman–Crippen MR) is 66.6 cm³/mol. The van der Waals surface area contributed by atoms with Gasteiger partial charge >= 0.3 is 0 Å². The molecule has 0 aliphatic carbocycles. The lowest BCUT2D eigenvalue weighted by molar-refractivity contribution is 0.290. The molecule has 0 aliphatic heterocycles. The van der Waals surface area contributed by atoms with Gasteiger partial charge in [-0.25, -0.2) is 0 Å². The summed E-state index contributed by atoms with van der Waals surface area (Å²) in [6, 6.07) is 0. The first-order chi connectivity index (χ1) is 7.41. The highest BCUT2D eigenvalue weighted by atomic mass is 16.2. The van der Waals surface area contributed by atoms with Crippen LogP contribution in [-0.4, -0.2) is 11.7 Å². The summed E-state index contributed by atoms with van der Waals surface area (Å²) >= 11 is 0. The molecule has 0 radical (unpaired) electrons. The third-order valence-electron chi connectivity index (χ3n) is 2.16. The van der Waals surface area contributed by atoms with Crippen molar-refractivity contribution in [3.63, 3.8) is 0 Å². The molecule has 0 saturated heterocycles. The van der Waals surface area contributed by atoms with Gasteiger partial charge in [0.05, 0.1) is 0 Å². The zero-order valence-corrected chi connectivity index (χ0v) is 9.97.